The fraction of sp³-hybridized carbons (Fsp3) is 0.417. The molecule has 0 aromatic carbocycles. The number of nitrogens with zero attached hydrogens (tertiary/aromatic N) is 3. The van der Waals surface area contributed by atoms with Crippen molar-refractivity contribution in [3.05, 3.63) is 30.0 Å². The Morgan fingerprint density at radius 1 is 1.18 bits per heavy atom. The fourth-order valence-electron chi connectivity index (χ4n) is 2.12. The lowest BCUT2D eigenvalue weighted by atomic mass is 10.2. The fourth-order valence-corrected chi connectivity index (χ4v) is 2.12. The van der Waals surface area contributed by atoms with E-state index in [0.717, 1.165) is 35.9 Å². The summed E-state index contributed by atoms with van der Waals surface area (Å²) in [6.07, 6.45) is 7.78. The molecule has 2 aromatic rings. The molecule has 1 saturated heterocycles. The summed E-state index contributed by atoms with van der Waals surface area (Å²) in [6.45, 7) is 3.05. The number of imidazole rings is 1. The minimum atomic E-state index is 0.370. The van der Waals surface area contributed by atoms with Crippen LogP contribution in [0.25, 0.3) is 11.5 Å². The zero-order chi connectivity index (χ0) is 11.7. The molecular formula is C12H15N5. The zero-order valence-corrected chi connectivity index (χ0v) is 9.77. The maximum absolute atomic E-state index is 4.46. The summed E-state index contributed by atoms with van der Waals surface area (Å²) in [5.41, 5.74) is 2.85. The maximum Gasteiger partial charge on any atom is 0.157 e. The first kappa shape index (κ1) is 10.4. The van der Waals surface area contributed by atoms with Gasteiger partial charge in [-0.2, -0.15) is 0 Å². The lowest BCUT2D eigenvalue weighted by Gasteiger charge is -2.08. The third-order valence-corrected chi connectivity index (χ3v) is 3.03. The van der Waals surface area contributed by atoms with E-state index in [2.05, 4.69) is 25.3 Å². The van der Waals surface area contributed by atoms with Crippen LogP contribution in [0.15, 0.2) is 18.6 Å². The van der Waals surface area contributed by atoms with E-state index in [1.165, 1.54) is 6.42 Å². The van der Waals surface area contributed by atoms with Crippen LogP contribution in [0.1, 0.15) is 30.3 Å². The second-order valence-corrected chi connectivity index (χ2v) is 4.39. The predicted molar refractivity (Wildman–Crippen MR) is 64.3 cm³/mol. The van der Waals surface area contributed by atoms with Gasteiger partial charge < -0.3 is 10.3 Å². The van der Waals surface area contributed by atoms with Gasteiger partial charge in [0.05, 0.1) is 24.1 Å². The van der Waals surface area contributed by atoms with Crippen LogP contribution in [0.2, 0.25) is 0 Å². The molecule has 1 atom stereocenters. The molecular weight excluding hydrogens is 214 g/mol. The van der Waals surface area contributed by atoms with Gasteiger partial charge in [-0.15, -0.1) is 0 Å². The van der Waals surface area contributed by atoms with Crippen LogP contribution in [-0.4, -0.2) is 26.5 Å². The molecule has 0 bridgehead atoms. The first-order valence-electron chi connectivity index (χ1n) is 5.90. The Bertz CT molecular complexity index is 496. The van der Waals surface area contributed by atoms with Crippen molar-refractivity contribution in [1.82, 2.24) is 25.3 Å². The van der Waals surface area contributed by atoms with Crippen molar-refractivity contribution in [1.29, 1.82) is 0 Å². The maximum atomic E-state index is 4.46. The van der Waals surface area contributed by atoms with Crippen molar-refractivity contribution >= 4 is 0 Å². The monoisotopic (exact) mass is 229 g/mol. The second-order valence-electron chi connectivity index (χ2n) is 4.39. The number of rotatable bonds is 2. The molecule has 1 aliphatic rings. The summed E-state index contributed by atoms with van der Waals surface area (Å²) in [5, 5.41) is 3.41. The SMILES string of the molecule is Cc1cnc(-c2cnc(C3CCCN3)cn2)[nH]1. The van der Waals surface area contributed by atoms with Crippen molar-refractivity contribution < 1.29 is 0 Å². The topological polar surface area (TPSA) is 66.5 Å². The van der Waals surface area contributed by atoms with Gasteiger partial charge in [-0.05, 0) is 26.3 Å². The summed E-state index contributed by atoms with van der Waals surface area (Å²) in [6, 6.07) is 0.370. The molecule has 3 heterocycles. The van der Waals surface area contributed by atoms with Gasteiger partial charge in [0.1, 0.15) is 5.69 Å². The molecule has 0 spiro atoms. The number of nitrogens with one attached hydrogen (secondary N) is 2. The minimum absolute atomic E-state index is 0.370. The van der Waals surface area contributed by atoms with E-state index in [0.29, 0.717) is 6.04 Å². The van der Waals surface area contributed by atoms with Gasteiger partial charge in [-0.25, -0.2) is 9.97 Å². The molecule has 1 fully saturated rings. The summed E-state index contributed by atoms with van der Waals surface area (Å²) < 4.78 is 0. The molecule has 1 unspecified atom stereocenters. The quantitative estimate of drug-likeness (QED) is 0.820. The van der Waals surface area contributed by atoms with Crippen LogP contribution >= 0.6 is 0 Å². The van der Waals surface area contributed by atoms with Gasteiger partial charge in [-0.1, -0.05) is 0 Å². The van der Waals surface area contributed by atoms with Crippen LogP contribution < -0.4 is 5.32 Å². The molecule has 1 aliphatic heterocycles. The molecule has 88 valence electrons. The van der Waals surface area contributed by atoms with Crippen molar-refractivity contribution in [2.45, 2.75) is 25.8 Å². The molecule has 2 N–H and O–H groups in total. The van der Waals surface area contributed by atoms with Crippen LogP contribution in [-0.2, 0) is 0 Å². The highest BCUT2D eigenvalue weighted by molar-refractivity contribution is 5.47. The first-order valence-corrected chi connectivity index (χ1v) is 5.90. The number of H-pyrrole nitrogens is 1. The van der Waals surface area contributed by atoms with Crippen molar-refractivity contribution in [3.8, 4) is 11.5 Å². The molecule has 0 amide bonds. The van der Waals surface area contributed by atoms with Gasteiger partial charge in [0.15, 0.2) is 5.82 Å². The zero-order valence-electron chi connectivity index (χ0n) is 9.77. The predicted octanol–water partition coefficient (Wildman–Crippen LogP) is 1.60. The lowest BCUT2D eigenvalue weighted by Crippen LogP contribution is -2.14. The third kappa shape index (κ3) is 2.06. The van der Waals surface area contributed by atoms with Crippen molar-refractivity contribution in [2.75, 3.05) is 6.54 Å². The smallest absolute Gasteiger partial charge is 0.157 e. The Hall–Kier alpha value is -1.75. The molecule has 5 nitrogen and oxygen atoms in total. The van der Waals surface area contributed by atoms with Crippen LogP contribution in [0.4, 0.5) is 0 Å². The van der Waals surface area contributed by atoms with Gasteiger partial charge >= 0.3 is 0 Å². The summed E-state index contributed by atoms with van der Waals surface area (Å²) >= 11 is 0. The molecule has 0 aliphatic carbocycles. The van der Waals surface area contributed by atoms with Crippen molar-refractivity contribution in [2.24, 2.45) is 0 Å². The Morgan fingerprint density at radius 3 is 2.71 bits per heavy atom. The van der Waals surface area contributed by atoms with Gasteiger partial charge in [0, 0.05) is 11.9 Å². The number of aromatic nitrogens is 4. The number of aryl methyl sites for hydroxylation is 1. The summed E-state index contributed by atoms with van der Waals surface area (Å²) in [5.74, 6) is 0.779. The summed E-state index contributed by atoms with van der Waals surface area (Å²) in [7, 11) is 0. The van der Waals surface area contributed by atoms with Gasteiger partial charge in [0.25, 0.3) is 0 Å². The van der Waals surface area contributed by atoms with E-state index < -0.39 is 0 Å². The van der Waals surface area contributed by atoms with E-state index >= 15 is 0 Å². The van der Waals surface area contributed by atoms with Crippen LogP contribution in [0.3, 0.4) is 0 Å². The highest BCUT2D eigenvalue weighted by Gasteiger charge is 2.17. The van der Waals surface area contributed by atoms with Gasteiger partial charge in [-0.3, -0.25) is 4.98 Å². The van der Waals surface area contributed by atoms with Crippen molar-refractivity contribution in [3.63, 3.8) is 0 Å². The second kappa shape index (κ2) is 4.25. The van der Waals surface area contributed by atoms with E-state index in [1.54, 1.807) is 12.4 Å². The standard InChI is InChI=1S/C12H15N5/c1-8-5-16-12(17-8)11-7-14-10(6-15-11)9-3-2-4-13-9/h5-7,9,13H,2-4H2,1H3,(H,16,17). The molecule has 0 saturated carbocycles. The average molecular weight is 229 g/mol. The van der Waals surface area contributed by atoms with Crippen LogP contribution in [0, 0.1) is 6.92 Å². The van der Waals surface area contributed by atoms with E-state index in [9.17, 15) is 0 Å². The lowest BCUT2D eigenvalue weighted by molar-refractivity contribution is 0.624. The Morgan fingerprint density at radius 2 is 2.12 bits per heavy atom. The molecule has 2 aromatic heterocycles. The normalized spacial score (nSPS) is 19.7. The molecule has 5 heteroatoms. The third-order valence-electron chi connectivity index (χ3n) is 3.03. The number of aromatic amines is 1. The van der Waals surface area contributed by atoms with Gasteiger partial charge in [0.2, 0.25) is 0 Å². The highest BCUT2D eigenvalue weighted by atomic mass is 15.0. The van der Waals surface area contributed by atoms with E-state index in [-0.39, 0.29) is 0 Å². The van der Waals surface area contributed by atoms with Crippen LogP contribution in [0.5, 0.6) is 0 Å². The molecule has 3 rings (SSSR count). The number of hydrogen-bond donors (Lipinski definition) is 2. The Kier molecular flexibility index (Phi) is 2.60. The molecule has 0 radical (unpaired) electrons. The summed E-state index contributed by atoms with van der Waals surface area (Å²) in [4.78, 5) is 16.3. The Labute approximate surface area is 99.7 Å². The minimum Gasteiger partial charge on any atom is -0.341 e. The molecule has 17 heavy (non-hydrogen) atoms. The average Bonchev–Trinajstić information content (AvgIpc) is 3.00. The largest absolute Gasteiger partial charge is 0.341 e. The van der Waals surface area contributed by atoms with E-state index in [1.807, 2.05) is 13.1 Å². The first-order chi connectivity index (χ1) is 8.33. The Balaban J connectivity index is 1.84. The van der Waals surface area contributed by atoms with E-state index in [4.69, 9.17) is 0 Å². The number of hydrogen-bond acceptors (Lipinski definition) is 4. The highest BCUT2D eigenvalue weighted by Crippen LogP contribution is 2.21.